The first-order valence-corrected chi connectivity index (χ1v) is 7.84. The molecule has 2 rings (SSSR count). The quantitative estimate of drug-likeness (QED) is 0.845. The number of nitrogens with zero attached hydrogens (tertiary/aromatic N) is 3. The lowest BCUT2D eigenvalue weighted by atomic mass is 10.2. The molecule has 1 N–H and O–H groups in total. The molecule has 0 spiro atoms. The predicted molar refractivity (Wildman–Crippen MR) is 84.6 cm³/mol. The molecule has 0 aliphatic carbocycles. The predicted octanol–water partition coefficient (Wildman–Crippen LogP) is 0.413. The van der Waals surface area contributed by atoms with Crippen molar-refractivity contribution >= 4 is 28.3 Å². The third-order valence-corrected chi connectivity index (χ3v) is 4.42. The molecule has 0 unspecified atom stereocenters. The van der Waals surface area contributed by atoms with Crippen LogP contribution in [0.5, 0.6) is 0 Å². The molecule has 1 aromatic carbocycles. The summed E-state index contributed by atoms with van der Waals surface area (Å²) in [6.45, 7) is 1.67. The Balaban J connectivity index is 0.00000220. The lowest BCUT2D eigenvalue weighted by Gasteiger charge is -2.25. The number of likely N-dealkylation sites (N-methyl/N-ethyl adjacent to an activating group) is 1. The smallest absolute Gasteiger partial charge is 0.285 e. The van der Waals surface area contributed by atoms with Gasteiger partial charge in [-0.2, -0.15) is 8.42 Å². The molecule has 0 aromatic heterocycles. The lowest BCUT2D eigenvalue weighted by molar-refractivity contribution is 0.239. The van der Waals surface area contributed by atoms with Crippen LogP contribution in [0.2, 0.25) is 0 Å². The molecule has 0 fully saturated rings. The van der Waals surface area contributed by atoms with Crippen LogP contribution in [0.3, 0.4) is 0 Å². The number of rotatable bonds is 5. The van der Waals surface area contributed by atoms with Crippen LogP contribution in [0.25, 0.3) is 0 Å². The molecule has 21 heavy (non-hydrogen) atoms. The van der Waals surface area contributed by atoms with Crippen LogP contribution in [0.1, 0.15) is 5.56 Å². The summed E-state index contributed by atoms with van der Waals surface area (Å²) in [5.41, 5.74) is 0.611. The van der Waals surface area contributed by atoms with Gasteiger partial charge in [-0.1, -0.05) is 12.1 Å². The number of aliphatic hydroxyl groups excluding tert-OH is 1. The highest BCUT2D eigenvalue weighted by Crippen LogP contribution is 2.27. The van der Waals surface area contributed by atoms with E-state index in [1.54, 1.807) is 24.3 Å². The maximum atomic E-state index is 12.0. The number of benzene rings is 1. The Morgan fingerprint density at radius 2 is 1.81 bits per heavy atom. The summed E-state index contributed by atoms with van der Waals surface area (Å²) in [7, 11) is 0.280. The number of amidine groups is 1. The average Bonchev–Trinajstić information content (AvgIpc) is 2.67. The highest BCUT2D eigenvalue weighted by Gasteiger charge is 2.31. The topological polar surface area (TPSA) is 73.2 Å². The van der Waals surface area contributed by atoms with E-state index in [9.17, 15) is 13.5 Å². The zero-order chi connectivity index (χ0) is 14.8. The second-order valence-electron chi connectivity index (χ2n) is 4.90. The standard InChI is InChI=1S/C13H19N3O3S.ClH/c1-15(2)7-8-16(9-10-17)13-11-5-3-4-6-12(11)20(18,19)14-13;/h3-6,17H,7-10H2,1-2H3;1H. The first-order valence-electron chi connectivity index (χ1n) is 6.40. The summed E-state index contributed by atoms with van der Waals surface area (Å²) in [6, 6.07) is 6.78. The Hall–Kier alpha value is -1.15. The molecule has 6 nitrogen and oxygen atoms in total. The van der Waals surface area contributed by atoms with E-state index in [1.165, 1.54) is 0 Å². The molecule has 118 valence electrons. The van der Waals surface area contributed by atoms with Gasteiger partial charge in [-0.25, -0.2) is 0 Å². The van der Waals surface area contributed by atoms with Crippen molar-refractivity contribution in [2.24, 2.45) is 4.40 Å². The molecular weight excluding hydrogens is 314 g/mol. The number of aliphatic hydroxyl groups is 1. The van der Waals surface area contributed by atoms with E-state index >= 15 is 0 Å². The molecule has 1 aliphatic rings. The summed E-state index contributed by atoms with van der Waals surface area (Å²) in [6.07, 6.45) is 0. The molecule has 0 atom stereocenters. The number of hydrogen-bond donors (Lipinski definition) is 1. The van der Waals surface area contributed by atoms with Gasteiger partial charge in [-0.3, -0.25) is 0 Å². The first-order chi connectivity index (χ1) is 9.45. The highest BCUT2D eigenvalue weighted by molar-refractivity contribution is 7.90. The fraction of sp³-hybridized carbons (Fsp3) is 0.462. The van der Waals surface area contributed by atoms with E-state index in [2.05, 4.69) is 4.40 Å². The fourth-order valence-electron chi connectivity index (χ4n) is 2.08. The van der Waals surface area contributed by atoms with Crippen LogP contribution in [-0.2, 0) is 10.0 Å². The summed E-state index contributed by atoms with van der Waals surface area (Å²) in [4.78, 5) is 4.05. The second-order valence-corrected chi connectivity index (χ2v) is 6.47. The summed E-state index contributed by atoms with van der Waals surface area (Å²) in [5.74, 6) is 0.427. The van der Waals surface area contributed by atoms with E-state index in [-0.39, 0.29) is 23.9 Å². The van der Waals surface area contributed by atoms with Crippen LogP contribution in [0.4, 0.5) is 0 Å². The van der Waals surface area contributed by atoms with Crippen molar-refractivity contribution in [2.45, 2.75) is 4.90 Å². The van der Waals surface area contributed by atoms with Gasteiger partial charge >= 0.3 is 0 Å². The zero-order valence-electron chi connectivity index (χ0n) is 12.1. The van der Waals surface area contributed by atoms with Crippen molar-refractivity contribution in [2.75, 3.05) is 40.3 Å². The molecule has 0 bridgehead atoms. The van der Waals surface area contributed by atoms with Gasteiger partial charge in [0.2, 0.25) is 0 Å². The van der Waals surface area contributed by atoms with Gasteiger partial charge < -0.3 is 14.9 Å². The average molecular weight is 334 g/mol. The number of fused-ring (bicyclic) bond motifs is 1. The minimum atomic E-state index is -3.61. The Labute approximate surface area is 131 Å². The van der Waals surface area contributed by atoms with Gasteiger partial charge in [0.1, 0.15) is 4.90 Å². The largest absolute Gasteiger partial charge is 0.395 e. The third kappa shape index (κ3) is 3.94. The maximum absolute atomic E-state index is 12.0. The van der Waals surface area contributed by atoms with E-state index < -0.39 is 10.0 Å². The summed E-state index contributed by atoms with van der Waals surface area (Å²) < 4.78 is 27.9. The van der Waals surface area contributed by atoms with Gasteiger partial charge in [-0.15, -0.1) is 16.8 Å². The Morgan fingerprint density at radius 1 is 1.14 bits per heavy atom. The molecule has 1 aliphatic heterocycles. The van der Waals surface area contributed by atoms with Crippen molar-refractivity contribution in [3.8, 4) is 0 Å². The molecule has 0 saturated carbocycles. The summed E-state index contributed by atoms with van der Waals surface area (Å²) in [5, 5.41) is 9.18. The fourth-order valence-corrected chi connectivity index (χ4v) is 3.31. The Bertz CT molecular complexity index is 617. The zero-order valence-corrected chi connectivity index (χ0v) is 13.7. The molecule has 1 aromatic rings. The van der Waals surface area contributed by atoms with Crippen molar-refractivity contribution < 1.29 is 13.5 Å². The van der Waals surface area contributed by atoms with Gasteiger partial charge in [-0.05, 0) is 26.2 Å². The molecule has 8 heteroatoms. The monoisotopic (exact) mass is 333 g/mol. The Morgan fingerprint density at radius 3 is 2.43 bits per heavy atom. The molecule has 1 heterocycles. The Kier molecular flexibility index (Phi) is 6.15. The minimum Gasteiger partial charge on any atom is -0.395 e. The van der Waals surface area contributed by atoms with Crippen LogP contribution in [0.15, 0.2) is 33.6 Å². The van der Waals surface area contributed by atoms with Gasteiger partial charge in [0.25, 0.3) is 10.0 Å². The number of halogens is 1. The molecule has 0 amide bonds. The molecule has 0 saturated heterocycles. The normalized spacial score (nSPS) is 15.3. The van der Waals surface area contributed by atoms with E-state index in [4.69, 9.17) is 0 Å². The first kappa shape index (κ1) is 17.9. The second kappa shape index (κ2) is 7.22. The third-order valence-electron chi connectivity index (χ3n) is 3.10. The van der Waals surface area contributed by atoms with E-state index in [0.29, 0.717) is 24.5 Å². The highest BCUT2D eigenvalue weighted by atomic mass is 35.5. The van der Waals surface area contributed by atoms with Gasteiger partial charge in [0.15, 0.2) is 5.84 Å². The van der Waals surface area contributed by atoms with Crippen LogP contribution >= 0.6 is 12.4 Å². The van der Waals surface area contributed by atoms with Gasteiger partial charge in [0.05, 0.1) is 6.61 Å². The van der Waals surface area contributed by atoms with Crippen molar-refractivity contribution in [1.82, 2.24) is 9.80 Å². The maximum Gasteiger partial charge on any atom is 0.285 e. The lowest BCUT2D eigenvalue weighted by Crippen LogP contribution is -2.38. The number of hydrogen-bond acceptors (Lipinski definition) is 5. The molecule has 0 radical (unpaired) electrons. The van der Waals surface area contributed by atoms with Crippen molar-refractivity contribution in [3.05, 3.63) is 29.8 Å². The van der Waals surface area contributed by atoms with E-state index in [0.717, 1.165) is 6.54 Å². The SMILES string of the molecule is CN(C)CCN(CCO)C1=NS(=O)(=O)c2ccccc21.Cl. The van der Waals surface area contributed by atoms with Gasteiger partial charge in [0, 0.05) is 25.2 Å². The minimum absolute atomic E-state index is 0. The number of sulfonamides is 1. The van der Waals surface area contributed by atoms with Crippen LogP contribution < -0.4 is 0 Å². The molecular formula is C13H20ClN3O3S. The summed E-state index contributed by atoms with van der Waals surface area (Å²) >= 11 is 0. The van der Waals surface area contributed by atoms with Crippen LogP contribution in [0, 0.1) is 0 Å². The van der Waals surface area contributed by atoms with E-state index in [1.807, 2.05) is 23.9 Å². The van der Waals surface area contributed by atoms with Crippen molar-refractivity contribution in [1.29, 1.82) is 0 Å². The van der Waals surface area contributed by atoms with Crippen molar-refractivity contribution in [3.63, 3.8) is 0 Å². The van der Waals surface area contributed by atoms with Crippen LogP contribution in [-0.4, -0.2) is 69.5 Å².